The lowest BCUT2D eigenvalue weighted by Crippen LogP contribution is -2.44. The van der Waals surface area contributed by atoms with Gasteiger partial charge in [-0.2, -0.15) is 0 Å². The van der Waals surface area contributed by atoms with Gasteiger partial charge in [-0.05, 0) is 12.3 Å². The molecular formula is C13H27N3O3S. The van der Waals surface area contributed by atoms with Gasteiger partial charge in [-0.25, -0.2) is 12.7 Å². The van der Waals surface area contributed by atoms with E-state index in [4.69, 9.17) is 5.73 Å². The third kappa shape index (κ3) is 6.19. The van der Waals surface area contributed by atoms with Crippen molar-refractivity contribution >= 4 is 15.9 Å². The maximum absolute atomic E-state index is 11.8. The van der Waals surface area contributed by atoms with E-state index in [1.165, 1.54) is 30.6 Å². The number of hydrogen-bond acceptors (Lipinski definition) is 4. The van der Waals surface area contributed by atoms with Crippen LogP contribution in [-0.4, -0.2) is 51.1 Å². The van der Waals surface area contributed by atoms with E-state index in [9.17, 15) is 13.2 Å². The highest BCUT2D eigenvalue weighted by atomic mass is 32.2. The molecule has 1 saturated carbocycles. The Bertz CT molecular complexity index is 405. The molecule has 1 rings (SSSR count). The SMILES string of the molecule is CN(CCNC(=O)[C@@H](N)CC1CCCCC1)S(C)(=O)=O. The molecule has 1 aliphatic carbocycles. The summed E-state index contributed by atoms with van der Waals surface area (Å²) in [5, 5.41) is 2.70. The number of hydrogen-bond donors (Lipinski definition) is 2. The smallest absolute Gasteiger partial charge is 0.236 e. The first-order chi connectivity index (χ1) is 9.30. The zero-order valence-electron chi connectivity index (χ0n) is 12.5. The van der Waals surface area contributed by atoms with Crippen molar-refractivity contribution < 1.29 is 13.2 Å². The van der Waals surface area contributed by atoms with Crippen LogP contribution in [0.4, 0.5) is 0 Å². The van der Waals surface area contributed by atoms with Crippen LogP contribution in [0.2, 0.25) is 0 Å². The normalized spacial score (nSPS) is 19.0. The van der Waals surface area contributed by atoms with E-state index < -0.39 is 16.1 Å². The molecule has 3 N–H and O–H groups in total. The van der Waals surface area contributed by atoms with Gasteiger partial charge in [0.2, 0.25) is 15.9 Å². The van der Waals surface area contributed by atoms with Crippen molar-refractivity contribution in [3.8, 4) is 0 Å². The largest absolute Gasteiger partial charge is 0.353 e. The average Bonchev–Trinajstić information content (AvgIpc) is 2.38. The zero-order valence-corrected chi connectivity index (χ0v) is 13.3. The summed E-state index contributed by atoms with van der Waals surface area (Å²) in [7, 11) is -1.70. The Balaban J connectivity index is 2.24. The number of nitrogens with zero attached hydrogens (tertiary/aromatic N) is 1. The standard InChI is InChI=1S/C13H27N3O3S/c1-16(20(2,18)19)9-8-15-13(17)12(14)10-11-6-4-3-5-7-11/h11-12H,3-10,14H2,1-2H3,(H,15,17)/t12-/m0/s1. The van der Waals surface area contributed by atoms with E-state index in [1.54, 1.807) is 0 Å². The first kappa shape index (κ1) is 17.4. The van der Waals surface area contributed by atoms with Crippen molar-refractivity contribution in [1.29, 1.82) is 0 Å². The topological polar surface area (TPSA) is 92.5 Å². The minimum Gasteiger partial charge on any atom is -0.353 e. The second-order valence-corrected chi connectivity index (χ2v) is 7.81. The molecule has 0 bridgehead atoms. The zero-order chi connectivity index (χ0) is 15.2. The number of likely N-dealkylation sites (N-methyl/N-ethyl adjacent to an activating group) is 1. The van der Waals surface area contributed by atoms with Gasteiger partial charge in [-0.15, -0.1) is 0 Å². The Hall–Kier alpha value is -0.660. The lowest BCUT2D eigenvalue weighted by Gasteiger charge is -2.24. The maximum atomic E-state index is 11.8. The molecule has 1 atom stereocenters. The van der Waals surface area contributed by atoms with Gasteiger partial charge in [0.05, 0.1) is 12.3 Å². The molecule has 7 heteroatoms. The summed E-state index contributed by atoms with van der Waals surface area (Å²) < 4.78 is 23.6. The first-order valence-corrected chi connectivity index (χ1v) is 9.10. The highest BCUT2D eigenvalue weighted by Gasteiger charge is 2.21. The van der Waals surface area contributed by atoms with Gasteiger partial charge in [-0.3, -0.25) is 4.79 Å². The summed E-state index contributed by atoms with van der Waals surface area (Å²) in [6.45, 7) is 0.557. The van der Waals surface area contributed by atoms with Crippen molar-refractivity contribution in [2.45, 2.75) is 44.6 Å². The monoisotopic (exact) mass is 305 g/mol. The Morgan fingerprint density at radius 1 is 1.35 bits per heavy atom. The minimum absolute atomic E-state index is 0.183. The van der Waals surface area contributed by atoms with Crippen LogP contribution >= 0.6 is 0 Å². The van der Waals surface area contributed by atoms with Gasteiger partial charge >= 0.3 is 0 Å². The third-order valence-electron chi connectivity index (χ3n) is 3.94. The van der Waals surface area contributed by atoms with Crippen LogP contribution in [-0.2, 0) is 14.8 Å². The molecule has 6 nitrogen and oxygen atoms in total. The molecule has 0 saturated heterocycles. The Labute approximate surface area is 122 Å². The van der Waals surface area contributed by atoms with Gasteiger partial charge in [0.1, 0.15) is 0 Å². The van der Waals surface area contributed by atoms with Gasteiger partial charge < -0.3 is 11.1 Å². The molecule has 0 spiro atoms. The Kier molecular flexibility index (Phi) is 6.91. The van der Waals surface area contributed by atoms with Crippen LogP contribution in [0.1, 0.15) is 38.5 Å². The van der Waals surface area contributed by atoms with E-state index >= 15 is 0 Å². The van der Waals surface area contributed by atoms with Gasteiger partial charge in [-0.1, -0.05) is 32.1 Å². The van der Waals surface area contributed by atoms with Crippen LogP contribution in [0.5, 0.6) is 0 Å². The second kappa shape index (κ2) is 7.95. The van der Waals surface area contributed by atoms with Crippen molar-refractivity contribution in [3.05, 3.63) is 0 Å². The first-order valence-electron chi connectivity index (χ1n) is 7.25. The van der Waals surface area contributed by atoms with E-state index in [1.807, 2.05) is 0 Å². The Morgan fingerprint density at radius 3 is 2.50 bits per heavy atom. The van der Waals surface area contributed by atoms with E-state index in [0.29, 0.717) is 12.5 Å². The molecule has 0 aromatic heterocycles. The highest BCUT2D eigenvalue weighted by molar-refractivity contribution is 7.88. The van der Waals surface area contributed by atoms with Crippen molar-refractivity contribution in [2.24, 2.45) is 11.7 Å². The molecule has 20 heavy (non-hydrogen) atoms. The van der Waals surface area contributed by atoms with Gasteiger partial charge in [0.25, 0.3) is 0 Å². The van der Waals surface area contributed by atoms with Gasteiger partial charge in [0.15, 0.2) is 0 Å². The number of amides is 1. The number of carbonyl (C=O) groups is 1. The molecule has 0 aromatic rings. The van der Waals surface area contributed by atoms with Crippen LogP contribution in [0.3, 0.4) is 0 Å². The molecule has 0 aromatic carbocycles. The summed E-state index contributed by atoms with van der Waals surface area (Å²) in [5.41, 5.74) is 5.91. The van der Waals surface area contributed by atoms with E-state index in [2.05, 4.69) is 5.32 Å². The molecule has 0 aliphatic heterocycles. The molecule has 1 amide bonds. The summed E-state index contributed by atoms with van der Waals surface area (Å²) in [6.07, 6.45) is 7.96. The third-order valence-corrected chi connectivity index (χ3v) is 5.26. The predicted octanol–water partition coefficient (Wildman–Crippen LogP) is 0.292. The number of nitrogens with one attached hydrogen (secondary N) is 1. The van der Waals surface area contributed by atoms with E-state index in [0.717, 1.165) is 25.5 Å². The molecular weight excluding hydrogens is 278 g/mol. The van der Waals surface area contributed by atoms with Crippen molar-refractivity contribution in [3.63, 3.8) is 0 Å². The number of nitrogens with two attached hydrogens (primary N) is 1. The van der Waals surface area contributed by atoms with Crippen LogP contribution in [0, 0.1) is 5.92 Å². The fourth-order valence-corrected chi connectivity index (χ4v) is 2.95. The Morgan fingerprint density at radius 2 is 1.95 bits per heavy atom. The summed E-state index contributed by atoms with van der Waals surface area (Å²) >= 11 is 0. The van der Waals surface area contributed by atoms with Crippen LogP contribution in [0.15, 0.2) is 0 Å². The fraction of sp³-hybridized carbons (Fsp3) is 0.923. The van der Waals surface area contributed by atoms with Crippen molar-refractivity contribution in [2.75, 3.05) is 26.4 Å². The summed E-state index contributed by atoms with van der Waals surface area (Å²) in [5.74, 6) is 0.376. The number of sulfonamides is 1. The average molecular weight is 305 g/mol. The molecule has 0 heterocycles. The molecule has 0 radical (unpaired) electrons. The van der Waals surface area contributed by atoms with Gasteiger partial charge in [0, 0.05) is 20.1 Å². The minimum atomic E-state index is -3.19. The summed E-state index contributed by atoms with van der Waals surface area (Å²) in [4.78, 5) is 11.8. The highest BCUT2D eigenvalue weighted by Crippen LogP contribution is 2.26. The molecule has 118 valence electrons. The summed E-state index contributed by atoms with van der Waals surface area (Å²) in [6, 6.07) is -0.485. The number of rotatable bonds is 7. The molecule has 1 fully saturated rings. The second-order valence-electron chi connectivity index (χ2n) is 5.72. The quantitative estimate of drug-likeness (QED) is 0.707. The lowest BCUT2D eigenvalue weighted by atomic mass is 9.85. The fourth-order valence-electron chi connectivity index (χ4n) is 2.52. The van der Waals surface area contributed by atoms with Crippen molar-refractivity contribution in [1.82, 2.24) is 9.62 Å². The van der Waals surface area contributed by atoms with E-state index in [-0.39, 0.29) is 12.5 Å². The molecule has 0 unspecified atom stereocenters. The lowest BCUT2D eigenvalue weighted by molar-refractivity contribution is -0.122. The van der Waals surface area contributed by atoms with Crippen LogP contribution < -0.4 is 11.1 Å². The van der Waals surface area contributed by atoms with Crippen LogP contribution in [0.25, 0.3) is 0 Å². The maximum Gasteiger partial charge on any atom is 0.236 e. The molecule has 1 aliphatic rings. The number of carbonyl (C=O) groups excluding carboxylic acids is 1. The predicted molar refractivity (Wildman–Crippen MR) is 79.7 cm³/mol.